The minimum absolute atomic E-state index is 0.0171. The van der Waals surface area contributed by atoms with Gasteiger partial charge in [0.25, 0.3) is 0 Å². The highest BCUT2D eigenvalue weighted by atomic mass is 32.2. The molecule has 2 aliphatic rings. The van der Waals surface area contributed by atoms with Gasteiger partial charge in [-0.2, -0.15) is 0 Å². The van der Waals surface area contributed by atoms with E-state index in [1.54, 1.807) is 38.1 Å². The number of hydrogen-bond acceptors (Lipinski definition) is 7. The first-order valence-corrected chi connectivity index (χ1v) is 12.5. The number of amides is 2. The monoisotopic (exact) mass is 479 g/mol. The maximum atomic E-state index is 12.7. The van der Waals surface area contributed by atoms with Crippen LogP contribution in [-0.4, -0.2) is 62.7 Å². The Morgan fingerprint density at radius 1 is 1.09 bits per heavy atom. The Labute approximate surface area is 193 Å². The van der Waals surface area contributed by atoms with Crippen molar-refractivity contribution in [3.8, 4) is 0 Å². The molecule has 2 aliphatic heterocycles. The summed E-state index contributed by atoms with van der Waals surface area (Å²) in [5, 5.41) is 5.28. The van der Waals surface area contributed by atoms with E-state index in [2.05, 4.69) is 10.6 Å². The van der Waals surface area contributed by atoms with E-state index in [-0.39, 0.29) is 43.3 Å². The normalized spacial score (nSPS) is 20.1. The Balaban J connectivity index is 1.74. The molecule has 1 atom stereocenters. The number of hydrogen-bond donors (Lipinski definition) is 2. The van der Waals surface area contributed by atoms with Crippen molar-refractivity contribution in [2.24, 2.45) is 5.92 Å². The molecule has 0 bridgehead atoms. The van der Waals surface area contributed by atoms with Crippen LogP contribution in [0.2, 0.25) is 0 Å². The zero-order valence-electron chi connectivity index (χ0n) is 18.7. The molecule has 11 heteroatoms. The van der Waals surface area contributed by atoms with Crippen LogP contribution in [-0.2, 0) is 29.1 Å². The topological polar surface area (TPSA) is 131 Å². The molecule has 1 aromatic carbocycles. The summed E-state index contributed by atoms with van der Waals surface area (Å²) in [5.74, 6) is -1.56. The van der Waals surface area contributed by atoms with Crippen LogP contribution in [0.15, 0.2) is 41.6 Å². The van der Waals surface area contributed by atoms with Crippen LogP contribution in [0, 0.1) is 5.92 Å². The maximum absolute atomic E-state index is 12.7. The van der Waals surface area contributed by atoms with Crippen LogP contribution in [0.4, 0.5) is 4.79 Å². The lowest BCUT2D eigenvalue weighted by atomic mass is 9.95. The molecule has 0 radical (unpaired) electrons. The van der Waals surface area contributed by atoms with E-state index in [0.717, 1.165) is 0 Å². The zero-order valence-corrected chi connectivity index (χ0v) is 19.5. The number of rotatable bonds is 8. The number of nitrogens with one attached hydrogen (secondary N) is 2. The van der Waals surface area contributed by atoms with E-state index in [4.69, 9.17) is 9.47 Å². The van der Waals surface area contributed by atoms with E-state index in [0.29, 0.717) is 18.4 Å². The summed E-state index contributed by atoms with van der Waals surface area (Å²) in [5.41, 5.74) is 1.01. The number of nitrogens with zero attached hydrogens (tertiary/aromatic N) is 1. The van der Waals surface area contributed by atoms with Gasteiger partial charge in [-0.15, -0.1) is 0 Å². The molecule has 0 aromatic heterocycles. The van der Waals surface area contributed by atoms with E-state index in [9.17, 15) is 22.8 Å². The van der Waals surface area contributed by atoms with Crippen molar-refractivity contribution in [2.75, 3.05) is 32.1 Å². The van der Waals surface area contributed by atoms with Gasteiger partial charge in [0.1, 0.15) is 6.61 Å². The fraction of sp³-hybridized carbons (Fsp3) is 0.500. The molecule has 0 saturated carbocycles. The SMILES string of the molecule is CCOC(=O)C1=C(COC(=O)C2CCN(S(=O)(=O)CC)CC2)NC(=O)NC1c1ccccc1. The van der Waals surface area contributed by atoms with E-state index >= 15 is 0 Å². The Morgan fingerprint density at radius 3 is 2.36 bits per heavy atom. The Hall–Kier alpha value is -2.92. The number of benzene rings is 1. The molecule has 33 heavy (non-hydrogen) atoms. The van der Waals surface area contributed by atoms with Crippen molar-refractivity contribution in [3.05, 3.63) is 47.2 Å². The Kier molecular flexibility index (Phi) is 8.09. The van der Waals surface area contributed by atoms with E-state index in [1.165, 1.54) is 4.31 Å². The van der Waals surface area contributed by atoms with Crippen LogP contribution >= 0.6 is 0 Å². The summed E-state index contributed by atoms with van der Waals surface area (Å²) in [6, 6.07) is 7.67. The van der Waals surface area contributed by atoms with Crippen LogP contribution in [0.1, 0.15) is 38.3 Å². The fourth-order valence-corrected chi connectivity index (χ4v) is 5.02. The molecule has 2 amide bonds. The third-order valence-electron chi connectivity index (χ3n) is 5.69. The van der Waals surface area contributed by atoms with Gasteiger partial charge in [0.2, 0.25) is 10.0 Å². The van der Waals surface area contributed by atoms with Gasteiger partial charge in [-0.25, -0.2) is 22.3 Å². The highest BCUT2D eigenvalue weighted by Gasteiger charge is 2.35. The van der Waals surface area contributed by atoms with Crippen molar-refractivity contribution < 1.29 is 32.3 Å². The smallest absolute Gasteiger partial charge is 0.338 e. The molecule has 1 fully saturated rings. The average molecular weight is 480 g/mol. The van der Waals surface area contributed by atoms with E-state index in [1.807, 2.05) is 6.07 Å². The van der Waals surface area contributed by atoms with Crippen LogP contribution in [0.5, 0.6) is 0 Å². The summed E-state index contributed by atoms with van der Waals surface area (Å²) < 4.78 is 36.0. The minimum atomic E-state index is -3.29. The largest absolute Gasteiger partial charge is 0.463 e. The predicted octanol–water partition coefficient (Wildman–Crippen LogP) is 1.46. The number of urea groups is 1. The summed E-state index contributed by atoms with van der Waals surface area (Å²) in [4.78, 5) is 37.7. The Bertz CT molecular complexity index is 1020. The molecule has 180 valence electrons. The summed E-state index contributed by atoms with van der Waals surface area (Å²) >= 11 is 0. The second-order valence-corrected chi connectivity index (χ2v) is 9.99. The predicted molar refractivity (Wildman–Crippen MR) is 119 cm³/mol. The maximum Gasteiger partial charge on any atom is 0.338 e. The molecule has 2 N–H and O–H groups in total. The van der Waals surface area contributed by atoms with Gasteiger partial charge in [-0.3, -0.25) is 4.79 Å². The number of carbonyl (C=O) groups excluding carboxylic acids is 3. The minimum Gasteiger partial charge on any atom is -0.463 e. The zero-order chi connectivity index (χ0) is 24.0. The molecule has 2 heterocycles. The lowest BCUT2D eigenvalue weighted by molar-refractivity contribution is -0.149. The number of esters is 2. The third-order valence-corrected chi connectivity index (χ3v) is 7.57. The van der Waals surface area contributed by atoms with Crippen molar-refractivity contribution in [1.82, 2.24) is 14.9 Å². The van der Waals surface area contributed by atoms with Gasteiger partial charge in [0.05, 0.1) is 35.6 Å². The van der Waals surface area contributed by atoms with E-state index < -0.39 is 40.0 Å². The number of ether oxygens (including phenoxy) is 2. The number of sulfonamides is 1. The standard InChI is InChI=1S/C22H29N3O7S/c1-3-31-21(27)18-17(23-22(28)24-19(18)15-8-6-5-7-9-15)14-32-20(26)16-10-12-25(13-11-16)33(29,30)4-2/h5-9,16,19H,3-4,10-14H2,1-2H3,(H2,23,24,28). The van der Waals surface area contributed by atoms with Gasteiger partial charge < -0.3 is 20.1 Å². The summed E-state index contributed by atoms with van der Waals surface area (Å²) in [6.45, 7) is 3.60. The van der Waals surface area contributed by atoms with Crippen molar-refractivity contribution >= 4 is 28.0 Å². The van der Waals surface area contributed by atoms with Crippen molar-refractivity contribution in [2.45, 2.75) is 32.7 Å². The van der Waals surface area contributed by atoms with Crippen molar-refractivity contribution in [3.63, 3.8) is 0 Å². The Morgan fingerprint density at radius 2 is 1.76 bits per heavy atom. The molecule has 3 rings (SSSR count). The number of piperidine rings is 1. The molecule has 10 nitrogen and oxygen atoms in total. The van der Waals surface area contributed by atoms with Crippen LogP contribution < -0.4 is 10.6 Å². The van der Waals surface area contributed by atoms with Gasteiger partial charge in [0, 0.05) is 13.1 Å². The number of carbonyl (C=O) groups is 3. The van der Waals surface area contributed by atoms with Crippen LogP contribution in [0.25, 0.3) is 0 Å². The third kappa shape index (κ3) is 5.91. The lowest BCUT2D eigenvalue weighted by Gasteiger charge is -2.31. The molecule has 1 aromatic rings. The second kappa shape index (κ2) is 10.8. The summed E-state index contributed by atoms with van der Waals surface area (Å²) in [7, 11) is -3.29. The lowest BCUT2D eigenvalue weighted by Crippen LogP contribution is -2.47. The quantitative estimate of drug-likeness (QED) is 0.540. The highest BCUT2D eigenvalue weighted by molar-refractivity contribution is 7.89. The second-order valence-electron chi connectivity index (χ2n) is 7.74. The van der Waals surface area contributed by atoms with Gasteiger partial charge in [0.15, 0.2) is 0 Å². The molecule has 0 spiro atoms. The molecular formula is C22H29N3O7S. The van der Waals surface area contributed by atoms with Crippen LogP contribution in [0.3, 0.4) is 0 Å². The van der Waals surface area contributed by atoms with Gasteiger partial charge >= 0.3 is 18.0 Å². The summed E-state index contributed by atoms with van der Waals surface area (Å²) in [6.07, 6.45) is 0.699. The first-order chi connectivity index (χ1) is 15.8. The first kappa shape index (κ1) is 24.7. The first-order valence-electron chi connectivity index (χ1n) is 10.9. The fourth-order valence-electron chi connectivity index (χ4n) is 3.89. The van der Waals surface area contributed by atoms with Gasteiger partial charge in [-0.1, -0.05) is 30.3 Å². The van der Waals surface area contributed by atoms with Crippen molar-refractivity contribution in [1.29, 1.82) is 0 Å². The molecule has 1 saturated heterocycles. The molecular weight excluding hydrogens is 450 g/mol. The molecule has 1 unspecified atom stereocenters. The highest BCUT2D eigenvalue weighted by Crippen LogP contribution is 2.28. The molecule has 0 aliphatic carbocycles. The average Bonchev–Trinajstić information content (AvgIpc) is 2.82. The van der Waals surface area contributed by atoms with Gasteiger partial charge in [-0.05, 0) is 32.3 Å².